The van der Waals surface area contributed by atoms with E-state index in [0.717, 1.165) is 15.9 Å². The van der Waals surface area contributed by atoms with Crippen molar-refractivity contribution in [2.45, 2.75) is 42.6 Å². The number of benzene rings is 2. The number of rotatable bonds is 4. The Morgan fingerprint density at radius 1 is 1.10 bits per heavy atom. The van der Waals surface area contributed by atoms with Gasteiger partial charge in [0.05, 0.1) is 0 Å². The zero-order chi connectivity index (χ0) is 15.5. The van der Waals surface area contributed by atoms with Crippen LogP contribution in [0.3, 0.4) is 0 Å². The highest BCUT2D eigenvalue weighted by Crippen LogP contribution is 2.35. The summed E-state index contributed by atoms with van der Waals surface area (Å²) in [6.07, 6.45) is 0. The summed E-state index contributed by atoms with van der Waals surface area (Å²) >= 11 is 5.01. The van der Waals surface area contributed by atoms with Gasteiger partial charge in [0, 0.05) is 26.3 Å². The Kier molecular flexibility index (Phi) is 5.47. The van der Waals surface area contributed by atoms with Gasteiger partial charge in [-0.1, -0.05) is 30.0 Å². The van der Waals surface area contributed by atoms with E-state index in [1.165, 1.54) is 23.4 Å². The van der Waals surface area contributed by atoms with Gasteiger partial charge in [-0.2, -0.15) is 0 Å². The van der Waals surface area contributed by atoms with E-state index in [9.17, 15) is 4.39 Å². The van der Waals surface area contributed by atoms with Crippen LogP contribution in [-0.4, -0.2) is 5.54 Å². The molecule has 0 aliphatic rings. The zero-order valence-corrected chi connectivity index (χ0v) is 14.8. The van der Waals surface area contributed by atoms with E-state index in [1.54, 1.807) is 12.1 Å². The Morgan fingerprint density at radius 2 is 1.81 bits per heavy atom. The molecule has 0 spiro atoms. The first kappa shape index (κ1) is 16.5. The molecular formula is C17H19BrFNS. The molecule has 1 nitrogen and oxygen atoms in total. The van der Waals surface area contributed by atoms with Crippen LogP contribution >= 0.6 is 27.7 Å². The average Bonchev–Trinajstić information content (AvgIpc) is 2.41. The molecule has 0 bridgehead atoms. The zero-order valence-electron chi connectivity index (χ0n) is 12.4. The molecule has 0 fully saturated rings. The summed E-state index contributed by atoms with van der Waals surface area (Å²) in [5.74, 6) is -0.187. The lowest BCUT2D eigenvalue weighted by molar-refractivity contribution is 0.424. The van der Waals surface area contributed by atoms with Crippen LogP contribution in [0.2, 0.25) is 0 Å². The lowest BCUT2D eigenvalue weighted by atomic mass is 10.1. The third-order valence-corrected chi connectivity index (χ3v) is 4.92. The number of halogens is 2. The van der Waals surface area contributed by atoms with Gasteiger partial charge in [-0.05, 0) is 66.5 Å². The second-order valence-electron chi connectivity index (χ2n) is 5.90. The van der Waals surface area contributed by atoms with Crippen LogP contribution in [0.25, 0.3) is 0 Å². The normalized spacial score (nSPS) is 11.7. The fourth-order valence-electron chi connectivity index (χ4n) is 1.75. The van der Waals surface area contributed by atoms with Crippen LogP contribution in [0.1, 0.15) is 26.3 Å². The fourth-order valence-corrected chi connectivity index (χ4v) is 3.26. The van der Waals surface area contributed by atoms with E-state index >= 15 is 0 Å². The van der Waals surface area contributed by atoms with E-state index < -0.39 is 0 Å². The second-order valence-corrected chi connectivity index (χ2v) is 7.84. The van der Waals surface area contributed by atoms with Gasteiger partial charge in [-0.25, -0.2) is 4.39 Å². The first-order chi connectivity index (χ1) is 9.85. The Hall–Kier alpha value is -0.840. The minimum Gasteiger partial charge on any atom is -0.308 e. The van der Waals surface area contributed by atoms with Gasteiger partial charge in [-0.15, -0.1) is 0 Å². The molecule has 0 atom stereocenters. The van der Waals surface area contributed by atoms with E-state index in [1.807, 2.05) is 12.1 Å². The molecule has 0 aliphatic heterocycles. The highest BCUT2D eigenvalue weighted by Gasteiger charge is 2.10. The van der Waals surface area contributed by atoms with Gasteiger partial charge in [0.25, 0.3) is 0 Å². The molecule has 0 saturated heterocycles. The average molecular weight is 368 g/mol. The first-order valence-corrected chi connectivity index (χ1v) is 8.42. The molecule has 4 heteroatoms. The van der Waals surface area contributed by atoms with E-state index in [4.69, 9.17) is 0 Å². The second kappa shape index (κ2) is 6.95. The largest absolute Gasteiger partial charge is 0.308 e. The molecule has 0 heterocycles. The lowest BCUT2D eigenvalue weighted by Crippen LogP contribution is -2.35. The van der Waals surface area contributed by atoms with Crippen molar-refractivity contribution in [2.24, 2.45) is 0 Å². The molecule has 0 radical (unpaired) electrons. The van der Waals surface area contributed by atoms with Gasteiger partial charge in [0.1, 0.15) is 5.82 Å². The Morgan fingerprint density at radius 3 is 2.43 bits per heavy atom. The highest BCUT2D eigenvalue weighted by atomic mass is 79.9. The van der Waals surface area contributed by atoms with Crippen molar-refractivity contribution >= 4 is 27.7 Å². The fraction of sp³-hybridized carbons (Fsp3) is 0.294. The molecule has 112 valence electrons. The van der Waals surface area contributed by atoms with Crippen molar-refractivity contribution in [2.75, 3.05) is 0 Å². The summed E-state index contributed by atoms with van der Waals surface area (Å²) < 4.78 is 14.7. The summed E-state index contributed by atoms with van der Waals surface area (Å²) in [6, 6.07) is 13.0. The molecule has 2 rings (SSSR count). The van der Waals surface area contributed by atoms with Crippen molar-refractivity contribution in [3.05, 3.63) is 58.3 Å². The first-order valence-electron chi connectivity index (χ1n) is 6.81. The molecule has 2 aromatic carbocycles. The molecule has 21 heavy (non-hydrogen) atoms. The van der Waals surface area contributed by atoms with Crippen molar-refractivity contribution in [3.63, 3.8) is 0 Å². The summed E-state index contributed by atoms with van der Waals surface area (Å²) in [4.78, 5) is 1.65. The van der Waals surface area contributed by atoms with Crippen molar-refractivity contribution in [1.29, 1.82) is 0 Å². The molecular weight excluding hydrogens is 349 g/mol. The standard InChI is InChI=1S/C17H19BrFNS/c1-17(2,3)20-11-12-8-9-15(13(18)10-12)21-16-7-5-4-6-14(16)19/h4-10,20H,11H2,1-3H3. The summed E-state index contributed by atoms with van der Waals surface area (Å²) in [6.45, 7) is 7.24. The third-order valence-electron chi connectivity index (χ3n) is 2.88. The van der Waals surface area contributed by atoms with Gasteiger partial charge >= 0.3 is 0 Å². The van der Waals surface area contributed by atoms with Crippen LogP contribution in [0.4, 0.5) is 4.39 Å². The van der Waals surface area contributed by atoms with Crippen LogP contribution in [-0.2, 0) is 6.54 Å². The van der Waals surface area contributed by atoms with Crippen LogP contribution in [0.15, 0.2) is 56.7 Å². The Balaban J connectivity index is 2.11. The quantitative estimate of drug-likeness (QED) is 0.751. The molecule has 1 N–H and O–H groups in total. The maximum atomic E-state index is 13.7. The predicted octanol–water partition coefficient (Wildman–Crippen LogP) is 5.63. The Bertz CT molecular complexity index is 622. The van der Waals surface area contributed by atoms with Crippen LogP contribution in [0, 0.1) is 5.82 Å². The third kappa shape index (κ3) is 5.13. The predicted molar refractivity (Wildman–Crippen MR) is 91.3 cm³/mol. The van der Waals surface area contributed by atoms with Gasteiger partial charge in [-0.3, -0.25) is 0 Å². The summed E-state index contributed by atoms with van der Waals surface area (Å²) in [7, 11) is 0. The SMILES string of the molecule is CC(C)(C)NCc1ccc(Sc2ccccc2F)c(Br)c1. The van der Waals surface area contributed by atoms with E-state index in [2.05, 4.69) is 54.2 Å². The number of hydrogen-bond donors (Lipinski definition) is 1. The number of hydrogen-bond acceptors (Lipinski definition) is 2. The molecule has 0 aliphatic carbocycles. The van der Waals surface area contributed by atoms with Gasteiger partial charge in [0.2, 0.25) is 0 Å². The van der Waals surface area contributed by atoms with Crippen molar-refractivity contribution in [1.82, 2.24) is 5.32 Å². The minimum absolute atomic E-state index is 0.0903. The number of nitrogens with one attached hydrogen (secondary N) is 1. The van der Waals surface area contributed by atoms with Crippen molar-refractivity contribution in [3.8, 4) is 0 Å². The maximum Gasteiger partial charge on any atom is 0.137 e. The van der Waals surface area contributed by atoms with E-state index in [0.29, 0.717) is 4.90 Å². The lowest BCUT2D eigenvalue weighted by Gasteiger charge is -2.20. The van der Waals surface area contributed by atoms with Gasteiger partial charge < -0.3 is 5.32 Å². The molecule has 0 saturated carbocycles. The summed E-state index contributed by atoms with van der Waals surface area (Å²) in [5, 5.41) is 3.46. The molecule has 2 aromatic rings. The maximum absolute atomic E-state index is 13.7. The monoisotopic (exact) mass is 367 g/mol. The minimum atomic E-state index is -0.187. The van der Waals surface area contributed by atoms with Gasteiger partial charge in [0.15, 0.2) is 0 Å². The van der Waals surface area contributed by atoms with Crippen LogP contribution < -0.4 is 5.32 Å². The molecule has 0 aromatic heterocycles. The van der Waals surface area contributed by atoms with Crippen LogP contribution in [0.5, 0.6) is 0 Å². The molecule has 0 amide bonds. The smallest absolute Gasteiger partial charge is 0.137 e. The summed E-state index contributed by atoms with van der Waals surface area (Å²) in [5.41, 5.74) is 1.29. The van der Waals surface area contributed by atoms with E-state index in [-0.39, 0.29) is 11.4 Å². The van der Waals surface area contributed by atoms with Crippen molar-refractivity contribution < 1.29 is 4.39 Å². The topological polar surface area (TPSA) is 12.0 Å². The highest BCUT2D eigenvalue weighted by molar-refractivity contribution is 9.10. The Labute approximate surface area is 138 Å². The molecule has 0 unspecified atom stereocenters.